The van der Waals surface area contributed by atoms with Crippen LogP contribution in [-0.2, 0) is 7.05 Å². The number of thioether (sulfide) groups is 1. The van der Waals surface area contributed by atoms with Crippen LogP contribution in [0.2, 0.25) is 0 Å². The average Bonchev–Trinajstić information content (AvgIpc) is 3.31. The largest absolute Gasteiger partial charge is 0.351 e. The van der Waals surface area contributed by atoms with E-state index < -0.39 is 0 Å². The minimum absolute atomic E-state index is 0.0770. The van der Waals surface area contributed by atoms with Crippen LogP contribution in [0.25, 0.3) is 16.6 Å². The Kier molecular flexibility index (Phi) is 4.93. The molecule has 0 atom stereocenters. The summed E-state index contributed by atoms with van der Waals surface area (Å²) in [4.78, 5) is 12.5. The number of carbonyl (C=O) groups is 1. The molecule has 0 fully saturated rings. The van der Waals surface area contributed by atoms with Gasteiger partial charge in [0.05, 0.1) is 5.52 Å². The monoisotopic (exact) mass is 377 g/mol. The molecule has 0 saturated heterocycles. The van der Waals surface area contributed by atoms with Gasteiger partial charge in [0.2, 0.25) is 0 Å². The van der Waals surface area contributed by atoms with Crippen LogP contribution in [-0.4, -0.2) is 37.5 Å². The number of carbonyl (C=O) groups excluding carboxylic acids is 1. The van der Waals surface area contributed by atoms with Crippen molar-refractivity contribution in [3.63, 3.8) is 0 Å². The van der Waals surface area contributed by atoms with Gasteiger partial charge >= 0.3 is 0 Å². The second kappa shape index (κ2) is 7.67. The molecule has 2 aromatic carbocycles. The number of benzene rings is 2. The van der Waals surface area contributed by atoms with Gasteiger partial charge in [0, 0.05) is 36.8 Å². The molecule has 0 aliphatic carbocycles. The maximum Gasteiger partial charge on any atom is 0.251 e. The lowest BCUT2D eigenvalue weighted by Crippen LogP contribution is -2.25. The van der Waals surface area contributed by atoms with Gasteiger partial charge in [-0.05, 0) is 35.7 Å². The first-order chi connectivity index (χ1) is 13.2. The zero-order valence-corrected chi connectivity index (χ0v) is 15.7. The number of aryl methyl sites for hydroxylation is 1. The Morgan fingerprint density at radius 2 is 2.04 bits per heavy atom. The molecular formula is C20H19N5OS. The topological polar surface area (TPSA) is 64.7 Å². The first kappa shape index (κ1) is 17.4. The fraction of sp³-hybridized carbons (Fsp3) is 0.150. The summed E-state index contributed by atoms with van der Waals surface area (Å²) in [5.74, 6) is 0.659. The van der Waals surface area contributed by atoms with E-state index in [4.69, 9.17) is 0 Å². The van der Waals surface area contributed by atoms with Gasteiger partial charge in [-0.2, -0.15) is 0 Å². The first-order valence-corrected chi connectivity index (χ1v) is 9.62. The van der Waals surface area contributed by atoms with Crippen molar-refractivity contribution in [1.29, 1.82) is 0 Å². The molecule has 4 aromatic rings. The molecule has 4 rings (SSSR count). The van der Waals surface area contributed by atoms with Crippen LogP contribution >= 0.6 is 11.8 Å². The van der Waals surface area contributed by atoms with Gasteiger partial charge in [-0.1, -0.05) is 36.0 Å². The zero-order valence-electron chi connectivity index (χ0n) is 14.9. The van der Waals surface area contributed by atoms with E-state index in [1.807, 2.05) is 54.2 Å². The summed E-state index contributed by atoms with van der Waals surface area (Å²) in [5, 5.41) is 12.8. The van der Waals surface area contributed by atoms with Crippen molar-refractivity contribution < 1.29 is 4.79 Å². The smallest absolute Gasteiger partial charge is 0.251 e. The Balaban J connectivity index is 1.42. The van der Waals surface area contributed by atoms with E-state index in [2.05, 4.69) is 38.3 Å². The first-order valence-electron chi connectivity index (χ1n) is 8.64. The molecule has 2 heterocycles. The van der Waals surface area contributed by atoms with Crippen molar-refractivity contribution in [3.05, 3.63) is 72.7 Å². The molecule has 136 valence electrons. The summed E-state index contributed by atoms with van der Waals surface area (Å²) < 4.78 is 3.95. The predicted octanol–water partition coefficient (Wildman–Crippen LogP) is 3.28. The third kappa shape index (κ3) is 3.73. The Morgan fingerprint density at radius 1 is 1.15 bits per heavy atom. The van der Waals surface area contributed by atoms with Crippen LogP contribution in [0.1, 0.15) is 10.4 Å². The van der Waals surface area contributed by atoms with E-state index in [1.54, 1.807) is 18.1 Å². The number of amides is 1. The van der Waals surface area contributed by atoms with Crippen LogP contribution in [0.3, 0.4) is 0 Å². The number of nitrogens with zero attached hydrogens (tertiary/aromatic N) is 4. The highest BCUT2D eigenvalue weighted by Crippen LogP contribution is 2.21. The molecular weight excluding hydrogens is 358 g/mol. The Morgan fingerprint density at radius 3 is 2.89 bits per heavy atom. The number of hydrogen-bond acceptors (Lipinski definition) is 4. The highest BCUT2D eigenvalue weighted by atomic mass is 32.2. The highest BCUT2D eigenvalue weighted by molar-refractivity contribution is 7.99. The van der Waals surface area contributed by atoms with Crippen LogP contribution in [0.4, 0.5) is 0 Å². The molecule has 0 bridgehead atoms. The Bertz CT molecular complexity index is 1080. The van der Waals surface area contributed by atoms with Crippen LogP contribution in [0.5, 0.6) is 0 Å². The maximum atomic E-state index is 12.5. The van der Waals surface area contributed by atoms with Crippen LogP contribution < -0.4 is 5.32 Å². The molecule has 7 heteroatoms. The van der Waals surface area contributed by atoms with Gasteiger partial charge in [0.1, 0.15) is 6.33 Å². The Labute approximate surface area is 161 Å². The highest BCUT2D eigenvalue weighted by Gasteiger charge is 2.09. The lowest BCUT2D eigenvalue weighted by molar-refractivity contribution is 0.0956. The van der Waals surface area contributed by atoms with Gasteiger partial charge in [-0.15, -0.1) is 10.2 Å². The molecule has 0 saturated carbocycles. The van der Waals surface area contributed by atoms with Crippen molar-refractivity contribution in [2.45, 2.75) is 5.16 Å². The number of hydrogen-bond donors (Lipinski definition) is 1. The van der Waals surface area contributed by atoms with Crippen molar-refractivity contribution in [3.8, 4) is 5.69 Å². The third-order valence-corrected chi connectivity index (χ3v) is 5.31. The summed E-state index contributed by atoms with van der Waals surface area (Å²) in [6, 6.07) is 17.9. The van der Waals surface area contributed by atoms with E-state index in [0.29, 0.717) is 12.1 Å². The second-order valence-corrected chi connectivity index (χ2v) is 7.19. The normalized spacial score (nSPS) is 11.0. The minimum Gasteiger partial charge on any atom is -0.351 e. The van der Waals surface area contributed by atoms with Crippen molar-refractivity contribution in [2.24, 2.45) is 7.05 Å². The van der Waals surface area contributed by atoms with Gasteiger partial charge < -0.3 is 14.5 Å². The number of para-hydroxylation sites is 1. The Hall–Kier alpha value is -3.06. The molecule has 0 aliphatic rings. The third-order valence-electron chi connectivity index (χ3n) is 4.27. The van der Waals surface area contributed by atoms with Crippen molar-refractivity contribution in [1.82, 2.24) is 24.6 Å². The number of rotatable bonds is 6. The minimum atomic E-state index is -0.0770. The van der Waals surface area contributed by atoms with Crippen molar-refractivity contribution in [2.75, 3.05) is 12.3 Å². The second-order valence-electron chi connectivity index (χ2n) is 6.12. The van der Waals surface area contributed by atoms with Crippen LogP contribution in [0.15, 0.2) is 72.3 Å². The number of nitrogens with one attached hydrogen (secondary N) is 1. The SMILES string of the molecule is Cn1cnnc1SCCNC(=O)c1cccc(-n2ccc3ccccc32)c1. The summed E-state index contributed by atoms with van der Waals surface area (Å²) in [7, 11) is 1.90. The maximum absolute atomic E-state index is 12.5. The van der Waals surface area contributed by atoms with E-state index in [9.17, 15) is 4.79 Å². The van der Waals surface area contributed by atoms with Gasteiger partial charge in [0.15, 0.2) is 5.16 Å². The van der Waals surface area contributed by atoms with Crippen LogP contribution in [0, 0.1) is 0 Å². The zero-order chi connectivity index (χ0) is 18.6. The predicted molar refractivity (Wildman–Crippen MR) is 107 cm³/mol. The molecule has 0 spiro atoms. The average molecular weight is 377 g/mol. The number of aromatic nitrogens is 4. The summed E-state index contributed by atoms with van der Waals surface area (Å²) >= 11 is 1.56. The van der Waals surface area contributed by atoms with E-state index >= 15 is 0 Å². The molecule has 27 heavy (non-hydrogen) atoms. The summed E-state index contributed by atoms with van der Waals surface area (Å²) in [6.45, 7) is 0.563. The molecule has 1 N–H and O–H groups in total. The summed E-state index contributed by atoms with van der Waals surface area (Å²) in [6.07, 6.45) is 3.69. The van der Waals surface area contributed by atoms with E-state index in [1.165, 1.54) is 5.39 Å². The molecule has 2 aromatic heterocycles. The molecule has 0 radical (unpaired) electrons. The number of fused-ring (bicyclic) bond motifs is 1. The fourth-order valence-corrected chi connectivity index (χ4v) is 3.66. The van der Waals surface area contributed by atoms with Gasteiger partial charge in [-0.25, -0.2) is 0 Å². The fourth-order valence-electron chi connectivity index (χ4n) is 2.92. The van der Waals surface area contributed by atoms with E-state index in [-0.39, 0.29) is 5.91 Å². The molecule has 1 amide bonds. The van der Waals surface area contributed by atoms with E-state index in [0.717, 1.165) is 22.1 Å². The van der Waals surface area contributed by atoms with Gasteiger partial charge in [0.25, 0.3) is 5.91 Å². The molecule has 6 nitrogen and oxygen atoms in total. The lowest BCUT2D eigenvalue weighted by Gasteiger charge is -2.09. The standard InChI is InChI=1S/C20H19N5OS/c1-24-14-22-23-20(24)27-12-10-21-19(26)16-6-4-7-17(13-16)25-11-9-15-5-2-3-8-18(15)25/h2-9,11,13-14H,10,12H2,1H3,(H,21,26). The van der Waals surface area contributed by atoms with Crippen molar-refractivity contribution >= 4 is 28.6 Å². The van der Waals surface area contributed by atoms with Gasteiger partial charge in [-0.3, -0.25) is 4.79 Å². The molecule has 0 unspecified atom stereocenters. The summed E-state index contributed by atoms with van der Waals surface area (Å²) in [5.41, 5.74) is 2.74. The lowest BCUT2D eigenvalue weighted by atomic mass is 10.2. The molecule has 0 aliphatic heterocycles. The quantitative estimate of drug-likeness (QED) is 0.414.